The van der Waals surface area contributed by atoms with Crippen molar-refractivity contribution in [2.24, 2.45) is 0 Å². The molecule has 3 aromatic rings. The standard InChI is InChI=1S/C24H23Cl2N3O/c1-17-7-9-19(10-8-17)22(18-5-3-2-4-6-18)28-11-13-29(14-12-28)24(30)21-15-20(25)16-27-23(21)26/h2-10,15-16,22H,11-14H2,1H3/t22-/m0/s1. The molecule has 4 rings (SSSR count). The van der Waals surface area contributed by atoms with Gasteiger partial charge in [-0.15, -0.1) is 0 Å². The first-order valence-electron chi connectivity index (χ1n) is 9.99. The normalized spacial score (nSPS) is 15.8. The molecule has 0 saturated carbocycles. The highest BCUT2D eigenvalue weighted by molar-refractivity contribution is 6.34. The Morgan fingerprint density at radius 1 is 0.933 bits per heavy atom. The van der Waals surface area contributed by atoms with Crippen LogP contribution in [0.3, 0.4) is 0 Å². The van der Waals surface area contributed by atoms with Crippen molar-refractivity contribution >= 4 is 29.1 Å². The van der Waals surface area contributed by atoms with Gasteiger partial charge in [-0.05, 0) is 24.1 Å². The highest BCUT2D eigenvalue weighted by atomic mass is 35.5. The second-order valence-electron chi connectivity index (χ2n) is 7.54. The van der Waals surface area contributed by atoms with E-state index in [4.69, 9.17) is 23.2 Å². The van der Waals surface area contributed by atoms with E-state index in [0.717, 1.165) is 13.1 Å². The molecule has 1 aliphatic rings. The van der Waals surface area contributed by atoms with E-state index in [1.165, 1.54) is 22.9 Å². The predicted octanol–water partition coefficient (Wildman–Crippen LogP) is 5.24. The molecule has 6 heteroatoms. The predicted molar refractivity (Wildman–Crippen MR) is 121 cm³/mol. The average Bonchev–Trinajstić information content (AvgIpc) is 2.78. The number of rotatable bonds is 4. The van der Waals surface area contributed by atoms with Crippen molar-refractivity contribution in [3.05, 3.63) is 99.3 Å². The van der Waals surface area contributed by atoms with Crippen molar-refractivity contribution in [1.82, 2.24) is 14.8 Å². The summed E-state index contributed by atoms with van der Waals surface area (Å²) in [5.41, 5.74) is 4.11. The summed E-state index contributed by atoms with van der Waals surface area (Å²) in [6.45, 7) is 4.88. The molecular weight excluding hydrogens is 417 g/mol. The first kappa shape index (κ1) is 20.9. The molecule has 0 spiro atoms. The van der Waals surface area contributed by atoms with Gasteiger partial charge in [0.2, 0.25) is 0 Å². The van der Waals surface area contributed by atoms with E-state index in [0.29, 0.717) is 23.7 Å². The van der Waals surface area contributed by atoms with Crippen molar-refractivity contribution in [3.8, 4) is 0 Å². The average molecular weight is 440 g/mol. The molecule has 30 heavy (non-hydrogen) atoms. The molecule has 0 N–H and O–H groups in total. The number of carbonyl (C=O) groups is 1. The molecule has 1 aromatic heterocycles. The van der Waals surface area contributed by atoms with Gasteiger partial charge in [-0.3, -0.25) is 9.69 Å². The third-order valence-electron chi connectivity index (χ3n) is 5.51. The minimum Gasteiger partial charge on any atom is -0.336 e. The van der Waals surface area contributed by atoms with Crippen LogP contribution in [0.5, 0.6) is 0 Å². The lowest BCUT2D eigenvalue weighted by molar-refractivity contribution is 0.0597. The highest BCUT2D eigenvalue weighted by Crippen LogP contribution is 2.30. The molecule has 0 radical (unpaired) electrons. The number of nitrogens with zero attached hydrogens (tertiary/aromatic N) is 3. The quantitative estimate of drug-likeness (QED) is 0.521. The van der Waals surface area contributed by atoms with E-state index >= 15 is 0 Å². The SMILES string of the molecule is Cc1ccc([C@H](c2ccccc2)N2CCN(C(=O)c3cc(Cl)cnc3Cl)CC2)cc1. The van der Waals surface area contributed by atoms with Crippen LogP contribution in [0.25, 0.3) is 0 Å². The second kappa shape index (κ2) is 9.17. The van der Waals surface area contributed by atoms with Crippen molar-refractivity contribution in [3.63, 3.8) is 0 Å². The van der Waals surface area contributed by atoms with Crippen LogP contribution in [-0.4, -0.2) is 46.9 Å². The zero-order valence-electron chi connectivity index (χ0n) is 16.8. The van der Waals surface area contributed by atoms with Gasteiger partial charge in [-0.25, -0.2) is 4.98 Å². The van der Waals surface area contributed by atoms with Crippen LogP contribution in [-0.2, 0) is 0 Å². The van der Waals surface area contributed by atoms with Crippen molar-refractivity contribution in [1.29, 1.82) is 0 Å². The van der Waals surface area contributed by atoms with Gasteiger partial charge < -0.3 is 4.90 Å². The Labute approximate surface area is 187 Å². The number of piperazine rings is 1. The molecule has 4 nitrogen and oxygen atoms in total. The number of aryl methyl sites for hydroxylation is 1. The largest absolute Gasteiger partial charge is 0.336 e. The molecule has 0 bridgehead atoms. The van der Waals surface area contributed by atoms with Crippen LogP contribution in [0.2, 0.25) is 10.2 Å². The summed E-state index contributed by atoms with van der Waals surface area (Å²) in [5, 5.41) is 0.596. The van der Waals surface area contributed by atoms with Gasteiger partial charge in [-0.2, -0.15) is 0 Å². The van der Waals surface area contributed by atoms with Crippen LogP contribution in [0.15, 0.2) is 66.9 Å². The maximum Gasteiger partial charge on any atom is 0.257 e. The number of pyridine rings is 1. The van der Waals surface area contributed by atoms with E-state index < -0.39 is 0 Å². The fourth-order valence-corrected chi connectivity index (χ4v) is 4.27. The molecule has 2 aromatic carbocycles. The zero-order chi connectivity index (χ0) is 21.1. The Hall–Kier alpha value is -2.40. The molecular formula is C24H23Cl2N3O. The Morgan fingerprint density at radius 2 is 1.57 bits per heavy atom. The highest BCUT2D eigenvalue weighted by Gasteiger charge is 2.29. The lowest BCUT2D eigenvalue weighted by atomic mass is 9.95. The summed E-state index contributed by atoms with van der Waals surface area (Å²) < 4.78 is 0. The number of amides is 1. The molecule has 1 amide bonds. The Kier molecular flexibility index (Phi) is 6.38. The molecule has 1 aliphatic heterocycles. The molecule has 1 fully saturated rings. The van der Waals surface area contributed by atoms with E-state index in [-0.39, 0.29) is 17.1 Å². The summed E-state index contributed by atoms with van der Waals surface area (Å²) in [6.07, 6.45) is 1.45. The minimum atomic E-state index is -0.124. The first-order valence-corrected chi connectivity index (χ1v) is 10.7. The van der Waals surface area contributed by atoms with E-state index in [9.17, 15) is 4.79 Å². The van der Waals surface area contributed by atoms with Crippen molar-refractivity contribution < 1.29 is 4.79 Å². The lowest BCUT2D eigenvalue weighted by Gasteiger charge is -2.40. The molecule has 0 unspecified atom stereocenters. The van der Waals surface area contributed by atoms with Crippen molar-refractivity contribution in [2.75, 3.05) is 26.2 Å². The molecule has 2 heterocycles. The maximum atomic E-state index is 13.0. The summed E-state index contributed by atoms with van der Waals surface area (Å²) in [5.74, 6) is -0.124. The number of aromatic nitrogens is 1. The summed E-state index contributed by atoms with van der Waals surface area (Å²) in [4.78, 5) is 21.2. The van der Waals surface area contributed by atoms with E-state index in [2.05, 4.69) is 65.3 Å². The third-order valence-corrected chi connectivity index (χ3v) is 6.02. The molecule has 154 valence electrons. The zero-order valence-corrected chi connectivity index (χ0v) is 18.3. The van der Waals surface area contributed by atoms with Crippen molar-refractivity contribution in [2.45, 2.75) is 13.0 Å². The minimum absolute atomic E-state index is 0.124. The topological polar surface area (TPSA) is 36.4 Å². The molecule has 0 aliphatic carbocycles. The van der Waals surface area contributed by atoms with Crippen LogP contribution in [0, 0.1) is 6.92 Å². The van der Waals surface area contributed by atoms with Crippen LogP contribution < -0.4 is 0 Å². The number of hydrogen-bond acceptors (Lipinski definition) is 3. The monoisotopic (exact) mass is 439 g/mol. The van der Waals surface area contributed by atoms with Crippen LogP contribution in [0.1, 0.15) is 33.1 Å². The first-order chi connectivity index (χ1) is 14.5. The number of halogens is 2. The summed E-state index contributed by atoms with van der Waals surface area (Å²) in [6, 6.07) is 21.0. The third kappa shape index (κ3) is 4.51. The van der Waals surface area contributed by atoms with Gasteiger partial charge >= 0.3 is 0 Å². The van der Waals surface area contributed by atoms with Crippen LogP contribution >= 0.6 is 23.2 Å². The number of benzene rings is 2. The van der Waals surface area contributed by atoms with Gasteiger partial charge in [-0.1, -0.05) is 83.4 Å². The summed E-state index contributed by atoms with van der Waals surface area (Å²) >= 11 is 12.1. The second-order valence-corrected chi connectivity index (χ2v) is 8.34. The van der Waals surface area contributed by atoms with E-state index in [1.54, 1.807) is 6.07 Å². The Balaban J connectivity index is 1.53. The fourth-order valence-electron chi connectivity index (χ4n) is 3.92. The van der Waals surface area contributed by atoms with Gasteiger partial charge in [0.15, 0.2) is 0 Å². The van der Waals surface area contributed by atoms with Gasteiger partial charge in [0.25, 0.3) is 5.91 Å². The van der Waals surface area contributed by atoms with Gasteiger partial charge in [0.1, 0.15) is 5.15 Å². The summed E-state index contributed by atoms with van der Waals surface area (Å²) in [7, 11) is 0. The van der Waals surface area contributed by atoms with Gasteiger partial charge in [0, 0.05) is 32.4 Å². The fraction of sp³-hybridized carbons (Fsp3) is 0.250. The van der Waals surface area contributed by atoms with Gasteiger partial charge in [0.05, 0.1) is 16.6 Å². The maximum absolute atomic E-state index is 13.0. The van der Waals surface area contributed by atoms with Crippen LogP contribution in [0.4, 0.5) is 0 Å². The smallest absolute Gasteiger partial charge is 0.257 e. The number of hydrogen-bond donors (Lipinski definition) is 0. The number of carbonyl (C=O) groups excluding carboxylic acids is 1. The van der Waals surface area contributed by atoms with E-state index in [1.807, 2.05) is 11.0 Å². The lowest BCUT2D eigenvalue weighted by Crippen LogP contribution is -2.50. The Morgan fingerprint density at radius 3 is 2.23 bits per heavy atom. The molecule has 1 atom stereocenters. The Bertz CT molecular complexity index is 1020. The molecule has 1 saturated heterocycles.